The van der Waals surface area contributed by atoms with E-state index in [9.17, 15) is 9.18 Å². The van der Waals surface area contributed by atoms with E-state index in [1.807, 2.05) is 6.07 Å². The molecule has 1 amide bonds. The molecule has 0 radical (unpaired) electrons. The first-order valence-electron chi connectivity index (χ1n) is 6.31. The summed E-state index contributed by atoms with van der Waals surface area (Å²) in [5.74, 6) is -0.354. The first kappa shape index (κ1) is 12.5. The molecule has 0 unspecified atom stereocenters. The Kier molecular flexibility index (Phi) is 3.25. The SMILES string of the molecule is O=C(Nc1ccccc1F)c1cccc2c1OCCN2. The molecule has 1 aliphatic rings. The van der Waals surface area contributed by atoms with Gasteiger partial charge in [0.15, 0.2) is 5.75 Å². The van der Waals surface area contributed by atoms with Crippen molar-refractivity contribution in [1.29, 1.82) is 0 Å². The van der Waals surface area contributed by atoms with Gasteiger partial charge in [-0.2, -0.15) is 0 Å². The van der Waals surface area contributed by atoms with Gasteiger partial charge in [-0.3, -0.25) is 4.79 Å². The zero-order chi connectivity index (χ0) is 13.9. The monoisotopic (exact) mass is 272 g/mol. The number of hydrogen-bond donors (Lipinski definition) is 2. The Morgan fingerprint density at radius 3 is 2.90 bits per heavy atom. The molecule has 2 aromatic carbocycles. The van der Waals surface area contributed by atoms with Gasteiger partial charge >= 0.3 is 0 Å². The van der Waals surface area contributed by atoms with Crippen LogP contribution in [0.15, 0.2) is 42.5 Å². The lowest BCUT2D eigenvalue weighted by molar-refractivity contribution is 0.102. The van der Waals surface area contributed by atoms with Crippen molar-refractivity contribution in [2.75, 3.05) is 23.8 Å². The zero-order valence-electron chi connectivity index (χ0n) is 10.7. The highest BCUT2D eigenvalue weighted by atomic mass is 19.1. The quantitative estimate of drug-likeness (QED) is 0.883. The molecule has 20 heavy (non-hydrogen) atoms. The topological polar surface area (TPSA) is 50.4 Å². The van der Waals surface area contributed by atoms with E-state index < -0.39 is 11.7 Å². The van der Waals surface area contributed by atoms with Gasteiger partial charge in [0.1, 0.15) is 12.4 Å². The molecule has 1 heterocycles. The van der Waals surface area contributed by atoms with E-state index in [1.54, 1.807) is 24.3 Å². The number of anilines is 2. The molecule has 0 fully saturated rings. The van der Waals surface area contributed by atoms with E-state index >= 15 is 0 Å². The fourth-order valence-electron chi connectivity index (χ4n) is 2.10. The van der Waals surface area contributed by atoms with Gasteiger partial charge in [0, 0.05) is 6.54 Å². The van der Waals surface area contributed by atoms with Crippen LogP contribution in [-0.4, -0.2) is 19.1 Å². The van der Waals surface area contributed by atoms with Crippen molar-refractivity contribution in [3.8, 4) is 5.75 Å². The zero-order valence-corrected chi connectivity index (χ0v) is 10.7. The molecule has 0 aromatic heterocycles. The summed E-state index contributed by atoms with van der Waals surface area (Å²) >= 11 is 0. The number of rotatable bonds is 2. The molecule has 2 aromatic rings. The molecular formula is C15H13FN2O2. The first-order chi connectivity index (χ1) is 9.75. The number of carbonyl (C=O) groups excluding carboxylic acids is 1. The minimum atomic E-state index is -0.468. The van der Waals surface area contributed by atoms with E-state index in [-0.39, 0.29) is 5.69 Å². The third kappa shape index (κ3) is 2.30. The van der Waals surface area contributed by atoms with Crippen LogP contribution in [-0.2, 0) is 0 Å². The summed E-state index contributed by atoms with van der Waals surface area (Å²) in [4.78, 5) is 12.3. The maximum atomic E-state index is 13.5. The average Bonchev–Trinajstić information content (AvgIpc) is 2.49. The van der Waals surface area contributed by atoms with Crippen LogP contribution in [0.4, 0.5) is 15.8 Å². The summed E-state index contributed by atoms with van der Waals surface area (Å²) in [5.41, 5.74) is 1.31. The number of carbonyl (C=O) groups is 1. The number of benzene rings is 2. The van der Waals surface area contributed by atoms with E-state index in [1.165, 1.54) is 12.1 Å². The van der Waals surface area contributed by atoms with Gasteiger partial charge in [-0.1, -0.05) is 18.2 Å². The van der Waals surface area contributed by atoms with E-state index in [4.69, 9.17) is 4.74 Å². The first-order valence-corrected chi connectivity index (χ1v) is 6.31. The van der Waals surface area contributed by atoms with Gasteiger partial charge in [-0.25, -0.2) is 4.39 Å². The van der Waals surface area contributed by atoms with Gasteiger partial charge in [0.05, 0.1) is 16.9 Å². The molecule has 0 atom stereocenters. The van der Waals surface area contributed by atoms with Crippen LogP contribution in [0, 0.1) is 5.82 Å². The second-order valence-electron chi connectivity index (χ2n) is 4.39. The molecule has 0 saturated carbocycles. The Balaban J connectivity index is 1.90. The predicted molar refractivity (Wildman–Crippen MR) is 74.8 cm³/mol. The van der Waals surface area contributed by atoms with Crippen LogP contribution in [0.25, 0.3) is 0 Å². The van der Waals surface area contributed by atoms with Gasteiger partial charge in [-0.15, -0.1) is 0 Å². The molecule has 0 spiro atoms. The van der Waals surface area contributed by atoms with E-state index in [0.29, 0.717) is 24.5 Å². The maximum absolute atomic E-state index is 13.5. The molecule has 102 valence electrons. The highest BCUT2D eigenvalue weighted by Gasteiger charge is 2.19. The normalized spacial score (nSPS) is 12.8. The lowest BCUT2D eigenvalue weighted by atomic mass is 10.1. The molecule has 0 bridgehead atoms. The Morgan fingerprint density at radius 2 is 2.05 bits per heavy atom. The van der Waals surface area contributed by atoms with Crippen molar-refractivity contribution in [2.24, 2.45) is 0 Å². The van der Waals surface area contributed by atoms with Crippen molar-refractivity contribution >= 4 is 17.3 Å². The molecule has 3 rings (SSSR count). The van der Waals surface area contributed by atoms with Gasteiger partial charge in [-0.05, 0) is 24.3 Å². The molecule has 5 heteroatoms. The molecule has 1 aliphatic heterocycles. The van der Waals surface area contributed by atoms with Crippen LogP contribution in [0.3, 0.4) is 0 Å². The minimum Gasteiger partial charge on any atom is -0.489 e. The average molecular weight is 272 g/mol. The third-order valence-electron chi connectivity index (χ3n) is 3.05. The summed E-state index contributed by atoms with van der Waals surface area (Å²) < 4.78 is 19.1. The van der Waals surface area contributed by atoms with E-state index in [0.717, 1.165) is 5.69 Å². The van der Waals surface area contributed by atoms with Crippen LogP contribution in [0.5, 0.6) is 5.75 Å². The van der Waals surface area contributed by atoms with E-state index in [2.05, 4.69) is 10.6 Å². The minimum absolute atomic E-state index is 0.152. The second-order valence-corrected chi connectivity index (χ2v) is 4.39. The molecule has 0 saturated heterocycles. The Labute approximate surface area is 115 Å². The third-order valence-corrected chi connectivity index (χ3v) is 3.05. The Bertz CT molecular complexity index is 658. The van der Waals surface area contributed by atoms with Crippen LogP contribution in [0.2, 0.25) is 0 Å². The summed E-state index contributed by atoms with van der Waals surface area (Å²) in [7, 11) is 0. The molecular weight excluding hydrogens is 259 g/mol. The Hall–Kier alpha value is -2.56. The van der Waals surface area contributed by atoms with Crippen LogP contribution in [0.1, 0.15) is 10.4 Å². The van der Waals surface area contributed by atoms with Crippen molar-refractivity contribution in [2.45, 2.75) is 0 Å². The number of ether oxygens (including phenoxy) is 1. The Morgan fingerprint density at radius 1 is 1.20 bits per heavy atom. The highest BCUT2D eigenvalue weighted by Crippen LogP contribution is 2.31. The van der Waals surface area contributed by atoms with Crippen molar-refractivity contribution in [3.63, 3.8) is 0 Å². The fourth-order valence-corrected chi connectivity index (χ4v) is 2.10. The molecule has 4 nitrogen and oxygen atoms in total. The highest BCUT2D eigenvalue weighted by molar-refractivity contribution is 6.07. The van der Waals surface area contributed by atoms with Crippen molar-refractivity contribution < 1.29 is 13.9 Å². The lowest BCUT2D eigenvalue weighted by Crippen LogP contribution is -2.22. The molecule has 2 N–H and O–H groups in total. The number of nitrogens with one attached hydrogen (secondary N) is 2. The standard InChI is InChI=1S/C15H13FN2O2/c16-11-5-1-2-6-12(11)18-15(19)10-4-3-7-13-14(10)20-9-8-17-13/h1-7,17H,8-9H2,(H,18,19). The lowest BCUT2D eigenvalue weighted by Gasteiger charge is -2.21. The number of amides is 1. The summed E-state index contributed by atoms with van der Waals surface area (Å²) in [6.07, 6.45) is 0. The van der Waals surface area contributed by atoms with Gasteiger partial charge in [0.2, 0.25) is 0 Å². The summed E-state index contributed by atoms with van der Waals surface area (Å²) in [6, 6.07) is 11.3. The van der Waals surface area contributed by atoms with Crippen LogP contribution < -0.4 is 15.4 Å². The van der Waals surface area contributed by atoms with Crippen molar-refractivity contribution in [1.82, 2.24) is 0 Å². The summed E-state index contributed by atoms with van der Waals surface area (Å²) in [6.45, 7) is 1.20. The smallest absolute Gasteiger partial charge is 0.259 e. The number of fused-ring (bicyclic) bond motifs is 1. The number of halogens is 1. The number of para-hydroxylation sites is 2. The molecule has 0 aliphatic carbocycles. The fraction of sp³-hybridized carbons (Fsp3) is 0.133. The number of hydrogen-bond acceptors (Lipinski definition) is 3. The van der Waals surface area contributed by atoms with Gasteiger partial charge in [0.25, 0.3) is 5.91 Å². The van der Waals surface area contributed by atoms with Gasteiger partial charge < -0.3 is 15.4 Å². The largest absolute Gasteiger partial charge is 0.489 e. The van der Waals surface area contributed by atoms with Crippen molar-refractivity contribution in [3.05, 3.63) is 53.8 Å². The predicted octanol–water partition coefficient (Wildman–Crippen LogP) is 2.88. The maximum Gasteiger partial charge on any atom is 0.259 e. The second kappa shape index (κ2) is 5.21. The van der Waals surface area contributed by atoms with Crippen LogP contribution >= 0.6 is 0 Å². The summed E-state index contributed by atoms with van der Waals surface area (Å²) in [5, 5.41) is 5.71.